The molecule has 0 aliphatic carbocycles. The van der Waals surface area contributed by atoms with E-state index >= 15 is 0 Å². The maximum Gasteiger partial charge on any atom is 0.416 e. The number of benzene rings is 1. The quantitative estimate of drug-likeness (QED) is 0.506. The normalized spacial score (nSPS) is 17.4. The highest BCUT2D eigenvalue weighted by Gasteiger charge is 2.34. The first-order valence-corrected chi connectivity index (χ1v) is 11.4. The van der Waals surface area contributed by atoms with Crippen LogP contribution in [0.15, 0.2) is 35.3 Å². The van der Waals surface area contributed by atoms with E-state index in [0.717, 1.165) is 5.39 Å². The molecule has 35 heavy (non-hydrogen) atoms. The maximum absolute atomic E-state index is 14.7. The summed E-state index contributed by atoms with van der Waals surface area (Å²) in [6, 6.07) is 6.28. The number of ketones is 1. The fraction of sp³-hybridized carbons (Fsp3) is 0.375. The maximum atomic E-state index is 14.7. The Balaban J connectivity index is 1.22. The van der Waals surface area contributed by atoms with Crippen LogP contribution in [0.4, 0.5) is 15.0 Å². The molecule has 2 aliphatic rings. The van der Waals surface area contributed by atoms with Crippen LogP contribution in [0.2, 0.25) is 0 Å². The number of aromatic nitrogens is 3. The van der Waals surface area contributed by atoms with Crippen molar-refractivity contribution in [3.8, 4) is 5.88 Å². The van der Waals surface area contributed by atoms with E-state index in [9.17, 15) is 18.8 Å². The molecule has 0 radical (unpaired) electrons. The number of nitrogens with zero attached hydrogens (tertiary/aromatic N) is 4. The number of pyridine rings is 1. The monoisotopic (exact) mass is 481 g/mol. The van der Waals surface area contributed by atoms with Crippen molar-refractivity contribution in [2.24, 2.45) is 0 Å². The molecule has 10 nitrogen and oxygen atoms in total. The second-order valence-electron chi connectivity index (χ2n) is 8.43. The molecule has 2 aromatic heterocycles. The zero-order valence-electron chi connectivity index (χ0n) is 19.1. The van der Waals surface area contributed by atoms with Crippen molar-refractivity contribution in [2.75, 3.05) is 31.1 Å². The first-order chi connectivity index (χ1) is 16.9. The Kier molecular flexibility index (Phi) is 6.16. The van der Waals surface area contributed by atoms with Crippen LogP contribution < -0.4 is 20.5 Å². The van der Waals surface area contributed by atoms with Gasteiger partial charge in [-0.1, -0.05) is 0 Å². The number of ether oxygens (including phenoxy) is 2. The van der Waals surface area contributed by atoms with Gasteiger partial charge in [0.15, 0.2) is 11.6 Å². The lowest BCUT2D eigenvalue weighted by Crippen LogP contribution is -2.32. The fourth-order valence-electron chi connectivity index (χ4n) is 4.45. The molecule has 5 rings (SSSR count). The predicted molar refractivity (Wildman–Crippen MR) is 124 cm³/mol. The molecule has 4 heterocycles. The molecule has 0 bridgehead atoms. The van der Waals surface area contributed by atoms with Gasteiger partial charge in [0.1, 0.15) is 24.2 Å². The highest BCUT2D eigenvalue weighted by Crippen LogP contribution is 2.25. The Hall–Kier alpha value is -3.86. The van der Waals surface area contributed by atoms with Crippen molar-refractivity contribution in [1.82, 2.24) is 19.9 Å². The summed E-state index contributed by atoms with van der Waals surface area (Å²) in [5, 5.41) is 4.02. The van der Waals surface area contributed by atoms with E-state index in [1.54, 1.807) is 16.7 Å². The molecular weight excluding hydrogens is 457 g/mol. The SMILES string of the molecule is CCn1c(=O)ccc2ccc(F)c(CCNC[C@H]3CN(c4cnc5c(n4)CC(=O)CO5)C(=O)O3)c21. The number of halogens is 1. The molecule has 1 atom stereocenters. The molecule has 0 saturated carbocycles. The summed E-state index contributed by atoms with van der Waals surface area (Å²) in [5.74, 6) is 0.130. The van der Waals surface area contributed by atoms with Gasteiger partial charge in [0.25, 0.3) is 5.56 Å². The van der Waals surface area contributed by atoms with E-state index in [1.165, 1.54) is 23.2 Å². The summed E-state index contributed by atoms with van der Waals surface area (Å²) in [5.41, 5.74) is 1.31. The minimum atomic E-state index is -0.554. The number of hydrogen-bond acceptors (Lipinski definition) is 8. The van der Waals surface area contributed by atoms with Crippen LogP contribution in [0, 0.1) is 5.82 Å². The Bertz CT molecular complexity index is 1370. The average molecular weight is 481 g/mol. The standard InChI is InChI=1S/C24H24FN5O5/c1-2-29-21(32)6-4-14-3-5-18(25)17(22(14)29)7-8-26-10-16-12-30(24(33)35-16)20-11-27-23-19(28-20)9-15(31)13-34-23/h3-6,11,16,26H,2,7-10,12-13H2,1H3/t16-/m0/s1. The minimum Gasteiger partial charge on any atom is -0.468 e. The number of carbonyl (C=O) groups excluding carboxylic acids is 2. The van der Waals surface area contributed by atoms with Crippen LogP contribution in [0.25, 0.3) is 10.9 Å². The molecule has 2 aliphatic heterocycles. The van der Waals surface area contributed by atoms with Crippen molar-refractivity contribution in [2.45, 2.75) is 32.4 Å². The first-order valence-electron chi connectivity index (χ1n) is 11.4. The second-order valence-corrected chi connectivity index (χ2v) is 8.43. The van der Waals surface area contributed by atoms with Crippen LogP contribution >= 0.6 is 0 Å². The lowest BCUT2D eigenvalue weighted by atomic mass is 10.1. The third kappa shape index (κ3) is 4.46. The fourth-order valence-corrected chi connectivity index (χ4v) is 4.45. The van der Waals surface area contributed by atoms with Crippen molar-refractivity contribution in [3.05, 3.63) is 57.9 Å². The van der Waals surface area contributed by atoms with Crippen LogP contribution in [-0.4, -0.2) is 58.8 Å². The van der Waals surface area contributed by atoms with E-state index in [4.69, 9.17) is 9.47 Å². The summed E-state index contributed by atoms with van der Waals surface area (Å²) >= 11 is 0. The molecule has 1 saturated heterocycles. The van der Waals surface area contributed by atoms with Crippen molar-refractivity contribution in [3.63, 3.8) is 0 Å². The molecule has 182 valence electrons. The number of amides is 1. The van der Waals surface area contributed by atoms with Gasteiger partial charge in [0.05, 0.1) is 24.7 Å². The largest absolute Gasteiger partial charge is 0.468 e. The molecular formula is C24H24FN5O5. The van der Waals surface area contributed by atoms with Gasteiger partial charge in [-0.15, -0.1) is 0 Å². The smallest absolute Gasteiger partial charge is 0.416 e. The number of hydrogen-bond donors (Lipinski definition) is 1. The number of nitrogens with one attached hydrogen (secondary N) is 1. The van der Waals surface area contributed by atoms with E-state index in [0.29, 0.717) is 54.5 Å². The summed E-state index contributed by atoms with van der Waals surface area (Å²) in [6.45, 7) is 3.31. The Morgan fingerprint density at radius 1 is 1.20 bits per heavy atom. The molecule has 1 aromatic carbocycles. The molecule has 1 N–H and O–H groups in total. The Morgan fingerprint density at radius 3 is 2.86 bits per heavy atom. The topological polar surface area (TPSA) is 116 Å². The predicted octanol–water partition coefficient (Wildman–Crippen LogP) is 1.61. The van der Waals surface area contributed by atoms with Crippen molar-refractivity contribution < 1.29 is 23.5 Å². The number of anilines is 1. The number of fused-ring (bicyclic) bond motifs is 2. The van der Waals surface area contributed by atoms with Gasteiger partial charge in [-0.3, -0.25) is 14.5 Å². The number of rotatable bonds is 7. The summed E-state index contributed by atoms with van der Waals surface area (Å²) in [4.78, 5) is 46.1. The Labute approximate surface area is 199 Å². The highest BCUT2D eigenvalue weighted by molar-refractivity contribution is 5.89. The summed E-state index contributed by atoms with van der Waals surface area (Å²) in [7, 11) is 0. The van der Waals surface area contributed by atoms with Gasteiger partial charge in [-0.05, 0) is 43.5 Å². The van der Waals surface area contributed by atoms with E-state index in [2.05, 4.69) is 15.3 Å². The van der Waals surface area contributed by atoms with Gasteiger partial charge in [-0.25, -0.2) is 19.2 Å². The third-order valence-electron chi connectivity index (χ3n) is 6.12. The highest BCUT2D eigenvalue weighted by atomic mass is 19.1. The van der Waals surface area contributed by atoms with Gasteiger partial charge < -0.3 is 19.4 Å². The molecule has 0 unspecified atom stereocenters. The second kappa shape index (κ2) is 9.41. The molecule has 1 amide bonds. The number of cyclic esters (lactones) is 1. The van der Waals surface area contributed by atoms with Crippen molar-refractivity contribution in [1.29, 1.82) is 0 Å². The zero-order valence-corrected chi connectivity index (χ0v) is 19.1. The lowest BCUT2D eigenvalue weighted by Gasteiger charge is -2.17. The summed E-state index contributed by atoms with van der Waals surface area (Å²) < 4.78 is 26.9. The number of carbonyl (C=O) groups is 2. The van der Waals surface area contributed by atoms with Gasteiger partial charge in [0.2, 0.25) is 5.88 Å². The lowest BCUT2D eigenvalue weighted by molar-refractivity contribution is -0.121. The Morgan fingerprint density at radius 2 is 2.03 bits per heavy atom. The molecule has 0 spiro atoms. The number of Topliss-reactive ketones (excluding diaryl/α,β-unsaturated/α-hetero) is 1. The summed E-state index contributed by atoms with van der Waals surface area (Å²) in [6.07, 6.45) is 0.898. The molecule has 11 heteroatoms. The van der Waals surface area contributed by atoms with Crippen LogP contribution in [0.1, 0.15) is 18.2 Å². The first kappa shape index (κ1) is 22.9. The number of aryl methyl sites for hydroxylation is 1. The van der Waals surface area contributed by atoms with Crippen LogP contribution in [-0.2, 0) is 28.9 Å². The van der Waals surface area contributed by atoms with Gasteiger partial charge in [0, 0.05) is 24.7 Å². The van der Waals surface area contributed by atoms with Crippen LogP contribution in [0.3, 0.4) is 0 Å². The average Bonchev–Trinajstić information content (AvgIpc) is 3.22. The minimum absolute atomic E-state index is 0.0281. The van der Waals surface area contributed by atoms with Gasteiger partial charge in [-0.2, -0.15) is 0 Å². The molecule has 1 fully saturated rings. The third-order valence-corrected chi connectivity index (χ3v) is 6.12. The van der Waals surface area contributed by atoms with Gasteiger partial charge >= 0.3 is 6.09 Å². The van der Waals surface area contributed by atoms with E-state index < -0.39 is 12.2 Å². The van der Waals surface area contributed by atoms with E-state index in [1.807, 2.05) is 6.92 Å². The van der Waals surface area contributed by atoms with E-state index in [-0.39, 0.29) is 36.7 Å². The molecule has 3 aromatic rings. The van der Waals surface area contributed by atoms with Crippen molar-refractivity contribution >= 4 is 28.6 Å². The van der Waals surface area contributed by atoms with Crippen LogP contribution in [0.5, 0.6) is 5.88 Å². The zero-order chi connectivity index (χ0) is 24.5.